The minimum Gasteiger partial charge on any atom is -0.232 e. The van der Waals surface area contributed by atoms with Crippen LogP contribution in [0.1, 0.15) is 46.5 Å². The van der Waals surface area contributed by atoms with E-state index in [9.17, 15) is 4.39 Å². The van der Waals surface area contributed by atoms with Gasteiger partial charge in [0.1, 0.15) is 0 Å². The first-order valence-electron chi connectivity index (χ1n) is 4.76. The molecular formula is C10H17FS. The molecule has 3 fully saturated rings. The van der Waals surface area contributed by atoms with Gasteiger partial charge in [-0.25, -0.2) is 4.39 Å². The van der Waals surface area contributed by atoms with E-state index in [0.29, 0.717) is 0 Å². The number of alkyl halides is 1. The molecule has 12 heavy (non-hydrogen) atoms. The van der Waals surface area contributed by atoms with Crippen LogP contribution in [0.5, 0.6) is 0 Å². The number of halogens is 1. The Morgan fingerprint density at radius 2 is 1.50 bits per heavy atom. The Kier molecular flexibility index (Phi) is 1.62. The molecule has 0 radical (unpaired) electrons. The molecule has 2 saturated heterocycles. The van der Waals surface area contributed by atoms with E-state index in [1.807, 2.05) is 0 Å². The van der Waals surface area contributed by atoms with Crippen molar-refractivity contribution in [1.29, 1.82) is 0 Å². The molecule has 2 bridgehead atoms. The molecule has 1 saturated carbocycles. The predicted octanol–water partition coefficient (Wildman–Crippen LogP) is 3.76. The highest BCUT2D eigenvalue weighted by Crippen LogP contribution is 2.65. The zero-order valence-corrected chi connectivity index (χ0v) is 8.93. The van der Waals surface area contributed by atoms with Gasteiger partial charge in [0.2, 0.25) is 0 Å². The summed E-state index contributed by atoms with van der Waals surface area (Å²) in [5.74, 6) is 0. The van der Waals surface area contributed by atoms with Gasteiger partial charge in [-0.15, -0.1) is 11.8 Å². The number of rotatable bonds is 0. The average molecular weight is 188 g/mol. The molecule has 0 spiro atoms. The molecular weight excluding hydrogens is 171 g/mol. The van der Waals surface area contributed by atoms with E-state index in [4.69, 9.17) is 0 Å². The van der Waals surface area contributed by atoms with E-state index in [1.54, 1.807) is 18.7 Å². The summed E-state index contributed by atoms with van der Waals surface area (Å²) < 4.78 is 14.4. The third-order valence-corrected chi connectivity index (χ3v) is 5.70. The fourth-order valence-corrected chi connectivity index (χ4v) is 4.25. The largest absolute Gasteiger partial charge is 0.232 e. The standard InChI is InChI=1S/C10H17FS/c1-8-4-6-9(2,7-5-8)12-10(8,3)11/h4-7H2,1-3H3. The fourth-order valence-electron chi connectivity index (χ4n) is 2.47. The SMILES string of the molecule is CC12CCC(C)(CC1)C(C)(F)S2. The van der Waals surface area contributed by atoms with Crippen LogP contribution in [-0.4, -0.2) is 9.75 Å². The summed E-state index contributed by atoms with van der Waals surface area (Å²) in [6.45, 7) is 6.10. The summed E-state index contributed by atoms with van der Waals surface area (Å²) in [7, 11) is 0. The van der Waals surface area contributed by atoms with Gasteiger partial charge in [-0.2, -0.15) is 0 Å². The van der Waals surface area contributed by atoms with Crippen LogP contribution in [0.3, 0.4) is 0 Å². The maximum absolute atomic E-state index is 14.2. The van der Waals surface area contributed by atoms with Crippen molar-refractivity contribution >= 4 is 11.8 Å². The van der Waals surface area contributed by atoms with Crippen LogP contribution in [0.15, 0.2) is 0 Å². The average Bonchev–Trinajstić information content (AvgIpc) is 1.92. The number of hydrogen-bond acceptors (Lipinski definition) is 1. The van der Waals surface area contributed by atoms with Crippen LogP contribution in [0.4, 0.5) is 4.39 Å². The molecule has 3 aliphatic rings. The summed E-state index contributed by atoms with van der Waals surface area (Å²) >= 11 is 1.57. The molecule has 0 amide bonds. The summed E-state index contributed by atoms with van der Waals surface area (Å²) in [6.07, 6.45) is 4.55. The zero-order valence-electron chi connectivity index (χ0n) is 8.11. The second-order valence-electron chi connectivity index (χ2n) is 5.03. The molecule has 0 aromatic carbocycles. The summed E-state index contributed by atoms with van der Waals surface area (Å²) in [4.78, 5) is 0. The summed E-state index contributed by atoms with van der Waals surface area (Å²) in [6, 6.07) is 0. The van der Waals surface area contributed by atoms with Gasteiger partial charge >= 0.3 is 0 Å². The molecule has 70 valence electrons. The van der Waals surface area contributed by atoms with Gasteiger partial charge in [0, 0.05) is 10.2 Å². The van der Waals surface area contributed by atoms with Crippen molar-refractivity contribution in [3.05, 3.63) is 0 Å². The Labute approximate surface area is 78.3 Å². The highest BCUT2D eigenvalue weighted by atomic mass is 32.2. The van der Waals surface area contributed by atoms with Crippen molar-refractivity contribution in [1.82, 2.24) is 0 Å². The Bertz CT molecular complexity index is 202. The van der Waals surface area contributed by atoms with Crippen molar-refractivity contribution in [3.8, 4) is 0 Å². The van der Waals surface area contributed by atoms with Crippen molar-refractivity contribution in [2.24, 2.45) is 5.41 Å². The maximum Gasteiger partial charge on any atom is 0.159 e. The van der Waals surface area contributed by atoms with E-state index in [-0.39, 0.29) is 10.2 Å². The Balaban J connectivity index is 2.32. The van der Waals surface area contributed by atoms with Crippen LogP contribution in [0.2, 0.25) is 0 Å². The summed E-state index contributed by atoms with van der Waals surface area (Å²) in [5.41, 5.74) is -0.0462. The van der Waals surface area contributed by atoms with Gasteiger partial charge in [-0.05, 0) is 32.6 Å². The smallest absolute Gasteiger partial charge is 0.159 e. The Morgan fingerprint density at radius 3 is 1.83 bits per heavy atom. The minimum atomic E-state index is -0.988. The summed E-state index contributed by atoms with van der Waals surface area (Å²) in [5, 5.41) is -0.988. The molecule has 0 nitrogen and oxygen atoms in total. The van der Waals surface area contributed by atoms with Gasteiger partial charge < -0.3 is 0 Å². The minimum absolute atomic E-state index is 0.0462. The number of thioether (sulfide) groups is 1. The Morgan fingerprint density at radius 1 is 1.00 bits per heavy atom. The molecule has 1 aliphatic carbocycles. The zero-order chi connectivity index (χ0) is 9.04. The molecule has 3 rings (SSSR count). The number of fused-ring (bicyclic) bond motifs is 3. The van der Waals surface area contributed by atoms with E-state index in [0.717, 1.165) is 12.8 Å². The second-order valence-corrected chi connectivity index (χ2v) is 6.99. The first-order chi connectivity index (χ1) is 5.37. The van der Waals surface area contributed by atoms with Crippen molar-refractivity contribution in [2.75, 3.05) is 0 Å². The highest BCUT2D eigenvalue weighted by molar-refractivity contribution is 8.01. The molecule has 0 aromatic heterocycles. The predicted molar refractivity (Wildman–Crippen MR) is 52.1 cm³/mol. The third kappa shape index (κ3) is 1.03. The quantitative estimate of drug-likeness (QED) is 0.558. The van der Waals surface area contributed by atoms with Crippen LogP contribution in [0.25, 0.3) is 0 Å². The third-order valence-electron chi connectivity index (χ3n) is 3.93. The van der Waals surface area contributed by atoms with Crippen molar-refractivity contribution in [3.63, 3.8) is 0 Å². The van der Waals surface area contributed by atoms with Crippen LogP contribution < -0.4 is 0 Å². The molecule has 0 N–H and O–H groups in total. The lowest BCUT2D eigenvalue weighted by atomic mass is 9.68. The van der Waals surface area contributed by atoms with Gasteiger partial charge in [0.05, 0.1) is 0 Å². The highest BCUT2D eigenvalue weighted by Gasteiger charge is 2.58. The molecule has 2 heterocycles. The van der Waals surface area contributed by atoms with Gasteiger partial charge in [-0.3, -0.25) is 0 Å². The van der Waals surface area contributed by atoms with E-state index in [2.05, 4.69) is 13.8 Å². The monoisotopic (exact) mass is 188 g/mol. The van der Waals surface area contributed by atoms with E-state index < -0.39 is 5.00 Å². The maximum atomic E-state index is 14.2. The second kappa shape index (κ2) is 2.20. The lowest BCUT2D eigenvalue weighted by Gasteiger charge is -2.56. The fraction of sp³-hybridized carbons (Fsp3) is 1.00. The van der Waals surface area contributed by atoms with E-state index in [1.165, 1.54) is 12.8 Å². The van der Waals surface area contributed by atoms with E-state index >= 15 is 0 Å². The van der Waals surface area contributed by atoms with Crippen molar-refractivity contribution < 1.29 is 4.39 Å². The van der Waals surface area contributed by atoms with Gasteiger partial charge in [-0.1, -0.05) is 13.8 Å². The normalized spacial score (nSPS) is 59.0. The molecule has 2 aliphatic heterocycles. The number of hydrogen-bond donors (Lipinski definition) is 0. The first-order valence-corrected chi connectivity index (χ1v) is 5.58. The Hall–Kier alpha value is 0.280. The lowest BCUT2D eigenvalue weighted by molar-refractivity contribution is 0.0349. The topological polar surface area (TPSA) is 0 Å². The van der Waals surface area contributed by atoms with Gasteiger partial charge in [0.15, 0.2) is 5.00 Å². The molecule has 1 unspecified atom stereocenters. The van der Waals surface area contributed by atoms with Gasteiger partial charge in [0.25, 0.3) is 0 Å². The van der Waals surface area contributed by atoms with Crippen LogP contribution >= 0.6 is 11.8 Å². The lowest BCUT2D eigenvalue weighted by Crippen LogP contribution is -2.52. The van der Waals surface area contributed by atoms with Crippen LogP contribution in [-0.2, 0) is 0 Å². The molecule has 1 atom stereocenters. The molecule has 2 heteroatoms. The first kappa shape index (κ1) is 8.86. The molecule has 0 aromatic rings. The van der Waals surface area contributed by atoms with Crippen molar-refractivity contribution in [2.45, 2.75) is 56.2 Å². The van der Waals surface area contributed by atoms with Crippen LogP contribution in [0, 0.1) is 5.41 Å².